The van der Waals surface area contributed by atoms with Gasteiger partial charge in [-0.15, -0.1) is 0 Å². The molecule has 0 radical (unpaired) electrons. The van der Waals surface area contributed by atoms with E-state index >= 15 is 0 Å². The van der Waals surface area contributed by atoms with Crippen molar-refractivity contribution < 1.29 is 4.79 Å². The molecule has 94 valence electrons. The van der Waals surface area contributed by atoms with Gasteiger partial charge in [-0.05, 0) is 39.7 Å². The lowest BCUT2D eigenvalue weighted by molar-refractivity contribution is -0.132. The number of carbonyl (C=O) groups excluding carboxylic acids is 1. The van der Waals surface area contributed by atoms with E-state index < -0.39 is 0 Å². The molecule has 0 aliphatic heterocycles. The van der Waals surface area contributed by atoms with Gasteiger partial charge in [0.1, 0.15) is 0 Å². The van der Waals surface area contributed by atoms with Gasteiger partial charge in [0, 0.05) is 25.7 Å². The fourth-order valence-electron chi connectivity index (χ4n) is 2.22. The number of hydrogen-bond acceptors (Lipinski definition) is 3. The maximum Gasteiger partial charge on any atom is 0.236 e. The van der Waals surface area contributed by atoms with Crippen LogP contribution < -0.4 is 5.73 Å². The van der Waals surface area contributed by atoms with Gasteiger partial charge in [0.15, 0.2) is 0 Å². The van der Waals surface area contributed by atoms with Crippen molar-refractivity contribution >= 4 is 5.91 Å². The maximum atomic E-state index is 11.9. The molecular weight excluding hydrogens is 202 g/mol. The molecule has 4 heteroatoms. The summed E-state index contributed by atoms with van der Waals surface area (Å²) in [4.78, 5) is 15.9. The van der Waals surface area contributed by atoms with Crippen molar-refractivity contribution in [3.8, 4) is 0 Å². The smallest absolute Gasteiger partial charge is 0.236 e. The van der Waals surface area contributed by atoms with Gasteiger partial charge >= 0.3 is 0 Å². The molecule has 1 fully saturated rings. The first-order valence-electron chi connectivity index (χ1n) is 6.32. The number of hydrogen-bond donors (Lipinski definition) is 1. The van der Waals surface area contributed by atoms with Crippen molar-refractivity contribution in [3.05, 3.63) is 0 Å². The van der Waals surface area contributed by atoms with Crippen LogP contribution in [0.15, 0.2) is 0 Å². The minimum atomic E-state index is 0.214. The molecule has 0 saturated heterocycles. The quantitative estimate of drug-likeness (QED) is 0.690. The van der Waals surface area contributed by atoms with E-state index in [1.54, 1.807) is 0 Å². The Bertz CT molecular complexity index is 224. The highest BCUT2D eigenvalue weighted by Gasteiger charge is 2.33. The Hall–Kier alpha value is -0.610. The largest absolute Gasteiger partial charge is 0.342 e. The zero-order valence-corrected chi connectivity index (χ0v) is 10.8. The number of amides is 1. The number of rotatable bonds is 7. The third-order valence-corrected chi connectivity index (χ3v) is 3.47. The molecule has 2 N–H and O–H groups in total. The minimum Gasteiger partial charge on any atom is -0.342 e. The van der Waals surface area contributed by atoms with E-state index in [1.165, 1.54) is 12.8 Å². The predicted octanol–water partition coefficient (Wildman–Crippen LogP) is 0.524. The molecule has 16 heavy (non-hydrogen) atoms. The average Bonchev–Trinajstić information content (AvgIpc) is 3.04. The Kier molecular flexibility index (Phi) is 5.22. The van der Waals surface area contributed by atoms with Crippen LogP contribution >= 0.6 is 0 Å². The van der Waals surface area contributed by atoms with Crippen molar-refractivity contribution in [1.29, 1.82) is 0 Å². The second-order valence-corrected chi connectivity index (χ2v) is 4.62. The Balaban J connectivity index is 2.42. The monoisotopic (exact) mass is 227 g/mol. The van der Waals surface area contributed by atoms with Crippen LogP contribution in [0.5, 0.6) is 0 Å². The lowest BCUT2D eigenvalue weighted by atomic mass is 10.1. The lowest BCUT2D eigenvalue weighted by Crippen LogP contribution is -2.46. The highest BCUT2D eigenvalue weighted by Crippen LogP contribution is 2.34. The van der Waals surface area contributed by atoms with Gasteiger partial charge in [-0.1, -0.05) is 0 Å². The van der Waals surface area contributed by atoms with Crippen molar-refractivity contribution in [2.24, 2.45) is 11.7 Å². The summed E-state index contributed by atoms with van der Waals surface area (Å²) >= 11 is 0. The van der Waals surface area contributed by atoms with E-state index in [2.05, 4.69) is 4.90 Å². The molecule has 0 aromatic heterocycles. The fraction of sp³-hybridized carbons (Fsp3) is 0.917. The van der Waals surface area contributed by atoms with Crippen LogP contribution in [-0.2, 0) is 4.79 Å². The molecule has 1 saturated carbocycles. The van der Waals surface area contributed by atoms with Crippen LogP contribution in [-0.4, -0.2) is 55.0 Å². The normalized spacial score (nSPS) is 17.6. The van der Waals surface area contributed by atoms with Crippen molar-refractivity contribution in [1.82, 2.24) is 9.80 Å². The van der Waals surface area contributed by atoms with Crippen LogP contribution in [0.2, 0.25) is 0 Å². The Morgan fingerprint density at radius 3 is 2.31 bits per heavy atom. The first kappa shape index (κ1) is 13.5. The van der Waals surface area contributed by atoms with Crippen molar-refractivity contribution in [3.63, 3.8) is 0 Å². The molecule has 1 rings (SSSR count). The molecule has 1 atom stereocenters. The highest BCUT2D eigenvalue weighted by atomic mass is 16.2. The van der Waals surface area contributed by atoms with Crippen molar-refractivity contribution in [2.75, 3.05) is 33.2 Å². The summed E-state index contributed by atoms with van der Waals surface area (Å²) in [6.45, 7) is 6.78. The van der Waals surface area contributed by atoms with Gasteiger partial charge in [0.2, 0.25) is 5.91 Å². The van der Waals surface area contributed by atoms with Gasteiger partial charge in [0.25, 0.3) is 0 Å². The summed E-state index contributed by atoms with van der Waals surface area (Å²) in [6, 6.07) is 0.388. The first-order valence-corrected chi connectivity index (χ1v) is 6.32. The molecule has 0 aromatic rings. The highest BCUT2D eigenvalue weighted by molar-refractivity contribution is 5.78. The number of nitrogens with two attached hydrogens (primary N) is 1. The summed E-state index contributed by atoms with van der Waals surface area (Å²) in [7, 11) is 2.01. The summed E-state index contributed by atoms with van der Waals surface area (Å²) in [5.41, 5.74) is 5.76. The van der Waals surface area contributed by atoms with E-state index in [1.807, 2.05) is 25.8 Å². The van der Waals surface area contributed by atoms with E-state index in [9.17, 15) is 4.79 Å². The Morgan fingerprint density at radius 1 is 1.38 bits per heavy atom. The van der Waals surface area contributed by atoms with Crippen molar-refractivity contribution in [2.45, 2.75) is 32.7 Å². The Labute approximate surface area is 98.8 Å². The molecule has 0 aromatic carbocycles. The zero-order chi connectivity index (χ0) is 12.1. The zero-order valence-electron chi connectivity index (χ0n) is 10.8. The van der Waals surface area contributed by atoms with E-state index in [0.717, 1.165) is 19.0 Å². The van der Waals surface area contributed by atoms with Crippen LogP contribution in [0.4, 0.5) is 0 Å². The predicted molar refractivity (Wildman–Crippen MR) is 66.1 cm³/mol. The van der Waals surface area contributed by atoms with E-state index in [0.29, 0.717) is 19.1 Å². The van der Waals surface area contributed by atoms with Gasteiger partial charge in [-0.2, -0.15) is 0 Å². The molecule has 0 heterocycles. The summed E-state index contributed by atoms with van der Waals surface area (Å²) in [5, 5.41) is 0. The standard InChI is InChI=1S/C12H25N3O/c1-4-15(5-2)12(16)9-14(3)11(8-13)10-6-7-10/h10-11H,4-9,13H2,1-3H3. The third kappa shape index (κ3) is 3.46. The lowest BCUT2D eigenvalue weighted by Gasteiger charge is -2.29. The minimum absolute atomic E-state index is 0.214. The maximum absolute atomic E-state index is 11.9. The van der Waals surface area contributed by atoms with Crippen LogP contribution in [0.25, 0.3) is 0 Å². The molecule has 0 spiro atoms. The second kappa shape index (κ2) is 6.21. The molecule has 1 aliphatic carbocycles. The first-order chi connectivity index (χ1) is 7.63. The molecular formula is C12H25N3O. The number of likely N-dealkylation sites (N-methyl/N-ethyl adjacent to an activating group) is 2. The fourth-order valence-corrected chi connectivity index (χ4v) is 2.22. The Morgan fingerprint density at radius 2 is 1.94 bits per heavy atom. The molecule has 1 amide bonds. The van der Waals surface area contributed by atoms with E-state index in [-0.39, 0.29) is 5.91 Å². The third-order valence-electron chi connectivity index (χ3n) is 3.47. The molecule has 4 nitrogen and oxygen atoms in total. The second-order valence-electron chi connectivity index (χ2n) is 4.62. The van der Waals surface area contributed by atoms with Crippen LogP contribution in [0.3, 0.4) is 0 Å². The molecule has 1 unspecified atom stereocenters. The van der Waals surface area contributed by atoms with Crippen LogP contribution in [0.1, 0.15) is 26.7 Å². The number of carbonyl (C=O) groups is 1. The average molecular weight is 227 g/mol. The van der Waals surface area contributed by atoms with Gasteiger partial charge < -0.3 is 10.6 Å². The SMILES string of the molecule is CCN(CC)C(=O)CN(C)C(CN)C1CC1. The van der Waals surface area contributed by atoms with Gasteiger partial charge in [-0.25, -0.2) is 0 Å². The van der Waals surface area contributed by atoms with E-state index in [4.69, 9.17) is 5.73 Å². The summed E-state index contributed by atoms with van der Waals surface area (Å²) in [5.74, 6) is 0.936. The summed E-state index contributed by atoms with van der Waals surface area (Å²) in [6.07, 6.45) is 2.54. The van der Waals surface area contributed by atoms with Gasteiger partial charge in [0.05, 0.1) is 6.54 Å². The van der Waals surface area contributed by atoms with Gasteiger partial charge in [-0.3, -0.25) is 9.69 Å². The molecule has 1 aliphatic rings. The summed E-state index contributed by atoms with van der Waals surface area (Å²) < 4.78 is 0. The number of nitrogens with zero attached hydrogens (tertiary/aromatic N) is 2. The topological polar surface area (TPSA) is 49.6 Å². The van der Waals surface area contributed by atoms with Crippen LogP contribution in [0, 0.1) is 5.92 Å². The molecule has 0 bridgehead atoms.